The number of carbonyl (C=O) groups excluding carboxylic acids is 1. The quantitative estimate of drug-likeness (QED) is 0.773. The first-order valence-electron chi connectivity index (χ1n) is 8.27. The third-order valence-electron chi connectivity index (χ3n) is 4.54. The summed E-state index contributed by atoms with van der Waals surface area (Å²) in [5.41, 5.74) is 4.03. The molecule has 1 aromatic heterocycles. The van der Waals surface area contributed by atoms with Gasteiger partial charge in [0.05, 0.1) is 12.6 Å². The van der Waals surface area contributed by atoms with Crippen molar-refractivity contribution in [3.63, 3.8) is 0 Å². The van der Waals surface area contributed by atoms with E-state index in [0.29, 0.717) is 6.54 Å². The molecule has 0 aliphatic heterocycles. The van der Waals surface area contributed by atoms with Crippen molar-refractivity contribution < 1.29 is 9.32 Å². The average Bonchev–Trinajstić information content (AvgIpc) is 3.04. The van der Waals surface area contributed by atoms with Crippen molar-refractivity contribution in [2.75, 3.05) is 0 Å². The minimum Gasteiger partial charge on any atom is -0.356 e. The lowest BCUT2D eigenvalue weighted by atomic mass is 9.88. The Kier molecular flexibility index (Phi) is 3.91. The van der Waals surface area contributed by atoms with Crippen molar-refractivity contribution in [1.82, 2.24) is 15.8 Å². The van der Waals surface area contributed by atoms with E-state index in [0.717, 1.165) is 35.9 Å². The first kappa shape index (κ1) is 14.8. The van der Waals surface area contributed by atoms with Gasteiger partial charge in [0.25, 0.3) is 0 Å². The van der Waals surface area contributed by atoms with Crippen molar-refractivity contribution in [3.05, 3.63) is 65.4 Å². The minimum absolute atomic E-state index is 0.0732. The zero-order valence-corrected chi connectivity index (χ0v) is 13.3. The standard InChI is InChI=1S/C19H19N3O2/c23-19(20-12-17-15-9-3-4-11-18(15)24-22-17)21-16-10-5-7-13-6-1-2-8-14(13)16/h1-4,6,8-9,11,16H,5,7,10,12H2,(H2,20,21,23). The smallest absolute Gasteiger partial charge is 0.315 e. The number of nitrogens with one attached hydrogen (secondary N) is 2. The zero-order valence-electron chi connectivity index (χ0n) is 13.3. The number of amides is 2. The number of urea groups is 1. The molecule has 0 saturated carbocycles. The highest BCUT2D eigenvalue weighted by molar-refractivity contribution is 5.80. The molecule has 5 nitrogen and oxygen atoms in total. The first-order valence-corrected chi connectivity index (χ1v) is 8.27. The topological polar surface area (TPSA) is 67.2 Å². The summed E-state index contributed by atoms with van der Waals surface area (Å²) in [6, 6.07) is 15.9. The molecule has 0 fully saturated rings. The molecule has 4 rings (SSSR count). The first-order chi connectivity index (χ1) is 11.8. The maximum Gasteiger partial charge on any atom is 0.315 e. The molecular formula is C19H19N3O2. The summed E-state index contributed by atoms with van der Waals surface area (Å²) in [6.45, 7) is 0.344. The Balaban J connectivity index is 1.41. The van der Waals surface area contributed by atoms with E-state index >= 15 is 0 Å². The molecular weight excluding hydrogens is 302 g/mol. The maximum absolute atomic E-state index is 12.3. The number of carbonyl (C=O) groups is 1. The van der Waals surface area contributed by atoms with Gasteiger partial charge in [0, 0.05) is 5.39 Å². The predicted octanol–water partition coefficient (Wildman–Crippen LogP) is 3.70. The third kappa shape index (κ3) is 2.85. The monoisotopic (exact) mass is 321 g/mol. The number of para-hydroxylation sites is 1. The van der Waals surface area contributed by atoms with E-state index in [2.05, 4.69) is 34.0 Å². The van der Waals surface area contributed by atoms with Crippen LogP contribution in [0.5, 0.6) is 0 Å². The molecule has 0 bridgehead atoms. The fourth-order valence-corrected chi connectivity index (χ4v) is 3.34. The van der Waals surface area contributed by atoms with Gasteiger partial charge in [0.1, 0.15) is 5.69 Å². The summed E-state index contributed by atoms with van der Waals surface area (Å²) in [5, 5.41) is 10.9. The lowest BCUT2D eigenvalue weighted by Gasteiger charge is -2.26. The van der Waals surface area contributed by atoms with Crippen LogP contribution in [-0.4, -0.2) is 11.2 Å². The van der Waals surface area contributed by atoms with E-state index in [1.807, 2.05) is 30.3 Å². The number of rotatable bonds is 3. The largest absolute Gasteiger partial charge is 0.356 e. The highest BCUT2D eigenvalue weighted by Gasteiger charge is 2.21. The molecule has 0 saturated heterocycles. The summed E-state index contributed by atoms with van der Waals surface area (Å²) in [5.74, 6) is 0. The fraction of sp³-hybridized carbons (Fsp3) is 0.263. The summed E-state index contributed by atoms with van der Waals surface area (Å²) in [6.07, 6.45) is 3.15. The number of nitrogens with zero attached hydrogens (tertiary/aromatic N) is 1. The molecule has 2 amide bonds. The SMILES string of the molecule is O=C(NCc1noc2ccccc12)NC1CCCc2ccccc21. The van der Waals surface area contributed by atoms with Crippen LogP contribution < -0.4 is 10.6 Å². The molecule has 1 atom stereocenters. The normalized spacial score (nSPS) is 16.6. The van der Waals surface area contributed by atoms with Gasteiger partial charge in [-0.15, -0.1) is 0 Å². The van der Waals surface area contributed by atoms with Gasteiger partial charge in [-0.05, 0) is 42.5 Å². The number of aromatic nitrogens is 1. The van der Waals surface area contributed by atoms with Crippen LogP contribution in [0.1, 0.15) is 35.7 Å². The lowest BCUT2D eigenvalue weighted by Crippen LogP contribution is -2.38. The molecule has 5 heteroatoms. The van der Waals surface area contributed by atoms with Crippen LogP contribution in [0.2, 0.25) is 0 Å². The van der Waals surface area contributed by atoms with Gasteiger partial charge in [0.15, 0.2) is 5.58 Å². The highest BCUT2D eigenvalue weighted by Crippen LogP contribution is 2.29. The van der Waals surface area contributed by atoms with Crippen LogP contribution in [0.15, 0.2) is 53.1 Å². The van der Waals surface area contributed by atoms with E-state index in [4.69, 9.17) is 4.52 Å². The molecule has 24 heavy (non-hydrogen) atoms. The Labute approximate surface area is 140 Å². The van der Waals surface area contributed by atoms with Gasteiger partial charge in [-0.1, -0.05) is 41.6 Å². The van der Waals surface area contributed by atoms with Gasteiger partial charge in [-0.2, -0.15) is 0 Å². The van der Waals surface area contributed by atoms with Crippen molar-refractivity contribution in [2.24, 2.45) is 0 Å². The van der Waals surface area contributed by atoms with Crippen LogP contribution >= 0.6 is 0 Å². The second-order valence-electron chi connectivity index (χ2n) is 6.10. The van der Waals surface area contributed by atoms with E-state index in [1.54, 1.807) is 0 Å². The summed E-state index contributed by atoms with van der Waals surface area (Å²) < 4.78 is 5.26. The van der Waals surface area contributed by atoms with Gasteiger partial charge in [-0.3, -0.25) is 0 Å². The molecule has 1 unspecified atom stereocenters. The van der Waals surface area contributed by atoms with Crippen LogP contribution in [0.3, 0.4) is 0 Å². The fourth-order valence-electron chi connectivity index (χ4n) is 3.34. The third-order valence-corrected chi connectivity index (χ3v) is 4.54. The summed E-state index contributed by atoms with van der Waals surface area (Å²) in [7, 11) is 0. The Bertz CT molecular complexity index is 872. The van der Waals surface area contributed by atoms with Crippen LogP contribution in [0.25, 0.3) is 11.0 Å². The molecule has 0 spiro atoms. The van der Waals surface area contributed by atoms with E-state index in [-0.39, 0.29) is 12.1 Å². The Morgan fingerprint density at radius 1 is 1.17 bits per heavy atom. The Morgan fingerprint density at radius 3 is 2.96 bits per heavy atom. The summed E-state index contributed by atoms with van der Waals surface area (Å²) >= 11 is 0. The molecule has 2 aromatic carbocycles. The van der Waals surface area contributed by atoms with Crippen molar-refractivity contribution in [1.29, 1.82) is 0 Å². The van der Waals surface area contributed by atoms with Gasteiger partial charge in [0.2, 0.25) is 0 Å². The predicted molar refractivity (Wildman–Crippen MR) is 91.5 cm³/mol. The van der Waals surface area contributed by atoms with Gasteiger partial charge < -0.3 is 15.2 Å². The van der Waals surface area contributed by atoms with Crippen molar-refractivity contribution in [3.8, 4) is 0 Å². The Hall–Kier alpha value is -2.82. The minimum atomic E-state index is -0.177. The number of hydrogen-bond acceptors (Lipinski definition) is 3. The number of fused-ring (bicyclic) bond motifs is 2. The molecule has 1 aliphatic rings. The average molecular weight is 321 g/mol. The number of aryl methyl sites for hydroxylation is 1. The summed E-state index contributed by atoms with van der Waals surface area (Å²) in [4.78, 5) is 12.3. The molecule has 2 N–H and O–H groups in total. The molecule has 1 aliphatic carbocycles. The van der Waals surface area contributed by atoms with Crippen molar-refractivity contribution in [2.45, 2.75) is 31.8 Å². The highest BCUT2D eigenvalue weighted by atomic mass is 16.5. The molecule has 1 heterocycles. The van der Waals surface area contributed by atoms with E-state index < -0.39 is 0 Å². The van der Waals surface area contributed by atoms with Crippen molar-refractivity contribution >= 4 is 17.0 Å². The second kappa shape index (κ2) is 6.35. The van der Waals surface area contributed by atoms with Gasteiger partial charge in [-0.25, -0.2) is 4.79 Å². The second-order valence-corrected chi connectivity index (χ2v) is 6.10. The Morgan fingerprint density at radius 2 is 2.00 bits per heavy atom. The van der Waals surface area contributed by atoms with Crippen LogP contribution in [0, 0.1) is 0 Å². The van der Waals surface area contributed by atoms with Crippen LogP contribution in [-0.2, 0) is 13.0 Å². The van der Waals surface area contributed by atoms with E-state index in [9.17, 15) is 4.79 Å². The molecule has 0 radical (unpaired) electrons. The van der Waals surface area contributed by atoms with Crippen LogP contribution in [0.4, 0.5) is 4.79 Å². The molecule has 122 valence electrons. The number of benzene rings is 2. The maximum atomic E-state index is 12.3. The van der Waals surface area contributed by atoms with E-state index in [1.165, 1.54) is 11.1 Å². The van der Waals surface area contributed by atoms with Gasteiger partial charge >= 0.3 is 6.03 Å². The zero-order chi connectivity index (χ0) is 16.4. The number of hydrogen-bond donors (Lipinski definition) is 2. The lowest BCUT2D eigenvalue weighted by molar-refractivity contribution is 0.235. The molecule has 3 aromatic rings.